The number of pyridine rings is 1. The number of carbonyl (C=O) groups is 2. The molecule has 1 N–H and O–H groups in total. The zero-order chi connectivity index (χ0) is 20.3. The van der Waals surface area contributed by atoms with Crippen LogP contribution in [-0.2, 0) is 9.59 Å². The van der Waals surface area contributed by atoms with E-state index in [4.69, 9.17) is 0 Å². The van der Waals surface area contributed by atoms with E-state index < -0.39 is 5.41 Å². The second-order valence-electron chi connectivity index (χ2n) is 7.85. The molecule has 1 fully saturated rings. The van der Waals surface area contributed by atoms with E-state index in [-0.39, 0.29) is 11.8 Å². The van der Waals surface area contributed by atoms with E-state index in [1.165, 1.54) is 5.56 Å². The zero-order valence-corrected chi connectivity index (χ0v) is 17.0. The fourth-order valence-electron chi connectivity index (χ4n) is 3.28. The topological polar surface area (TPSA) is 65.5 Å². The predicted octanol–water partition coefficient (Wildman–Crippen LogP) is 3.01. The first kappa shape index (κ1) is 19.9. The van der Waals surface area contributed by atoms with Gasteiger partial charge in [-0.15, -0.1) is 0 Å². The zero-order valence-electron chi connectivity index (χ0n) is 17.0. The molecular weight excluding hydrogens is 352 g/mol. The van der Waals surface area contributed by atoms with E-state index >= 15 is 0 Å². The quantitative estimate of drug-likeness (QED) is 0.828. The molecule has 0 radical (unpaired) electrons. The van der Waals surface area contributed by atoms with Gasteiger partial charge in [0.2, 0.25) is 11.8 Å². The van der Waals surface area contributed by atoms with Gasteiger partial charge in [0.05, 0.1) is 0 Å². The molecule has 1 aliphatic rings. The molecule has 0 aliphatic carbocycles. The van der Waals surface area contributed by atoms with E-state index in [0.717, 1.165) is 11.4 Å². The highest BCUT2D eigenvalue weighted by Crippen LogP contribution is 2.24. The first-order valence-corrected chi connectivity index (χ1v) is 9.63. The number of hydrogen-bond acceptors (Lipinski definition) is 4. The molecule has 6 nitrogen and oxygen atoms in total. The molecule has 0 atom stereocenters. The Morgan fingerprint density at radius 3 is 2.32 bits per heavy atom. The smallest absolute Gasteiger partial charge is 0.239 e. The van der Waals surface area contributed by atoms with Crippen LogP contribution in [0, 0.1) is 19.3 Å². The van der Waals surface area contributed by atoms with Gasteiger partial charge < -0.3 is 15.1 Å². The molecule has 148 valence electrons. The number of amides is 2. The number of nitrogens with one attached hydrogen (secondary N) is 1. The van der Waals surface area contributed by atoms with Crippen molar-refractivity contribution in [1.29, 1.82) is 0 Å². The van der Waals surface area contributed by atoms with E-state index in [1.807, 2.05) is 50.2 Å². The minimum absolute atomic E-state index is 0.144. The molecule has 3 rings (SSSR count). The Balaban J connectivity index is 1.62. The third-order valence-corrected chi connectivity index (χ3v) is 5.41. The van der Waals surface area contributed by atoms with Gasteiger partial charge in [0.1, 0.15) is 11.2 Å². The van der Waals surface area contributed by atoms with Crippen LogP contribution in [-0.4, -0.2) is 47.9 Å². The Kier molecular flexibility index (Phi) is 5.68. The molecule has 6 heteroatoms. The standard InChI is InChI=1S/C22H28N4O2/c1-16-8-9-18(15-17(16)2)24-20(27)22(3,4)21(28)26-13-11-25(12-14-26)19-7-5-6-10-23-19/h5-10,15H,11-14H2,1-4H3,(H,24,27). The minimum atomic E-state index is -1.13. The summed E-state index contributed by atoms with van der Waals surface area (Å²) in [6.45, 7) is 9.98. The molecule has 0 saturated carbocycles. The Morgan fingerprint density at radius 2 is 1.71 bits per heavy atom. The van der Waals surface area contributed by atoms with Crippen LogP contribution < -0.4 is 10.2 Å². The lowest BCUT2D eigenvalue weighted by Crippen LogP contribution is -2.54. The van der Waals surface area contributed by atoms with E-state index in [2.05, 4.69) is 15.2 Å². The van der Waals surface area contributed by atoms with E-state index in [0.29, 0.717) is 31.9 Å². The molecule has 1 saturated heterocycles. The maximum absolute atomic E-state index is 13.0. The largest absolute Gasteiger partial charge is 0.353 e. The van der Waals surface area contributed by atoms with Gasteiger partial charge in [0, 0.05) is 38.1 Å². The molecule has 1 aromatic heterocycles. The van der Waals surface area contributed by atoms with Crippen LogP contribution in [0.2, 0.25) is 0 Å². The van der Waals surface area contributed by atoms with Crippen molar-refractivity contribution < 1.29 is 9.59 Å². The second kappa shape index (κ2) is 8.00. The highest BCUT2D eigenvalue weighted by molar-refractivity contribution is 6.09. The van der Waals surface area contributed by atoms with Gasteiger partial charge in [-0.05, 0) is 63.1 Å². The van der Waals surface area contributed by atoms with Crippen LogP contribution in [0.15, 0.2) is 42.6 Å². The summed E-state index contributed by atoms with van der Waals surface area (Å²) in [5.74, 6) is 0.490. The predicted molar refractivity (Wildman–Crippen MR) is 111 cm³/mol. The second-order valence-corrected chi connectivity index (χ2v) is 7.85. The lowest BCUT2D eigenvalue weighted by molar-refractivity contribution is -0.146. The monoisotopic (exact) mass is 380 g/mol. The number of nitrogens with zero attached hydrogens (tertiary/aromatic N) is 3. The number of aryl methyl sites for hydroxylation is 2. The van der Waals surface area contributed by atoms with Gasteiger partial charge in [-0.2, -0.15) is 0 Å². The lowest BCUT2D eigenvalue weighted by atomic mass is 9.89. The number of aromatic nitrogens is 1. The molecule has 2 heterocycles. The highest BCUT2D eigenvalue weighted by Gasteiger charge is 2.40. The molecule has 2 aromatic rings. The summed E-state index contributed by atoms with van der Waals surface area (Å²) in [6.07, 6.45) is 1.77. The normalized spacial score (nSPS) is 14.7. The van der Waals surface area contributed by atoms with Gasteiger partial charge in [-0.3, -0.25) is 9.59 Å². The summed E-state index contributed by atoms with van der Waals surface area (Å²) in [6, 6.07) is 11.6. The number of anilines is 2. The van der Waals surface area contributed by atoms with Gasteiger partial charge in [-0.1, -0.05) is 12.1 Å². The van der Waals surface area contributed by atoms with Gasteiger partial charge in [-0.25, -0.2) is 4.98 Å². The van der Waals surface area contributed by atoms with E-state index in [9.17, 15) is 9.59 Å². The number of carbonyl (C=O) groups excluding carboxylic acids is 2. The fourth-order valence-corrected chi connectivity index (χ4v) is 3.28. The summed E-state index contributed by atoms with van der Waals surface area (Å²) < 4.78 is 0. The van der Waals surface area contributed by atoms with Gasteiger partial charge in [0.15, 0.2) is 0 Å². The number of benzene rings is 1. The molecule has 2 amide bonds. The van der Waals surface area contributed by atoms with E-state index in [1.54, 1.807) is 24.9 Å². The van der Waals surface area contributed by atoms with Crippen molar-refractivity contribution in [3.8, 4) is 0 Å². The Hall–Kier alpha value is -2.89. The molecule has 1 aromatic carbocycles. The van der Waals surface area contributed by atoms with Crippen LogP contribution in [0.1, 0.15) is 25.0 Å². The number of rotatable bonds is 4. The van der Waals surface area contributed by atoms with Crippen LogP contribution >= 0.6 is 0 Å². The van der Waals surface area contributed by atoms with Crippen LogP contribution in [0.25, 0.3) is 0 Å². The summed E-state index contributed by atoms with van der Waals surface area (Å²) in [5, 5.41) is 2.90. The third-order valence-electron chi connectivity index (χ3n) is 5.41. The van der Waals surface area contributed by atoms with Crippen molar-refractivity contribution in [2.24, 2.45) is 5.41 Å². The highest BCUT2D eigenvalue weighted by atomic mass is 16.2. The Morgan fingerprint density at radius 1 is 1.00 bits per heavy atom. The summed E-state index contributed by atoms with van der Waals surface area (Å²) in [4.78, 5) is 34.2. The molecule has 0 unspecified atom stereocenters. The van der Waals surface area contributed by atoms with Crippen molar-refractivity contribution in [1.82, 2.24) is 9.88 Å². The Labute approximate surface area is 166 Å². The van der Waals surface area contributed by atoms with Gasteiger partial charge >= 0.3 is 0 Å². The maximum Gasteiger partial charge on any atom is 0.239 e. The summed E-state index contributed by atoms with van der Waals surface area (Å²) in [5.41, 5.74) is 1.85. The molecule has 0 bridgehead atoms. The van der Waals surface area contributed by atoms with Crippen LogP contribution in [0.3, 0.4) is 0 Å². The lowest BCUT2D eigenvalue weighted by Gasteiger charge is -2.38. The SMILES string of the molecule is Cc1ccc(NC(=O)C(C)(C)C(=O)N2CCN(c3ccccn3)CC2)cc1C. The first-order chi connectivity index (χ1) is 13.3. The van der Waals surface area contributed by atoms with Gasteiger partial charge in [0.25, 0.3) is 0 Å². The van der Waals surface area contributed by atoms with Crippen LogP contribution in [0.5, 0.6) is 0 Å². The third kappa shape index (κ3) is 4.16. The average molecular weight is 380 g/mol. The fraction of sp³-hybridized carbons (Fsp3) is 0.409. The number of hydrogen-bond donors (Lipinski definition) is 1. The minimum Gasteiger partial charge on any atom is -0.353 e. The molecular formula is C22H28N4O2. The average Bonchev–Trinajstić information content (AvgIpc) is 2.71. The van der Waals surface area contributed by atoms with Crippen LogP contribution in [0.4, 0.5) is 11.5 Å². The first-order valence-electron chi connectivity index (χ1n) is 9.63. The Bertz CT molecular complexity index is 856. The van der Waals surface area contributed by atoms with Crippen molar-refractivity contribution in [2.45, 2.75) is 27.7 Å². The summed E-state index contributed by atoms with van der Waals surface area (Å²) >= 11 is 0. The summed E-state index contributed by atoms with van der Waals surface area (Å²) in [7, 11) is 0. The molecule has 0 spiro atoms. The maximum atomic E-state index is 13.0. The molecule has 28 heavy (non-hydrogen) atoms. The van der Waals surface area contributed by atoms with Crippen molar-refractivity contribution >= 4 is 23.3 Å². The number of piperazine rings is 1. The van der Waals surface area contributed by atoms with Crippen molar-refractivity contribution in [2.75, 3.05) is 36.4 Å². The van der Waals surface area contributed by atoms with Crippen molar-refractivity contribution in [3.05, 3.63) is 53.7 Å². The molecule has 1 aliphatic heterocycles. The van der Waals surface area contributed by atoms with Crippen molar-refractivity contribution in [3.63, 3.8) is 0 Å².